The fraction of sp³-hybridized carbons (Fsp3) is 0.344. The number of aromatic nitrogens is 3. The number of imidazole rings is 1. The van der Waals surface area contributed by atoms with Gasteiger partial charge >= 0.3 is 13.7 Å². The summed E-state index contributed by atoms with van der Waals surface area (Å²) < 4.78 is 39.5. The standard InChI is InChI=1S/C32H38N5O6P/c1-6-40-19-28-35-29-30(26-13-9-10-14-27(26)34-31(29)33)37(28)21(4)18-41-44(39,36-22(5)32(38)42-20(2)3)43-25-16-15-23-11-7-8-12-24(23)17-25/h7-17,20-22H,6,18-19H2,1-5H3,(H2,33,34)(H,36,39)/t21-,22-,44-/m0/s1. The predicted molar refractivity (Wildman–Crippen MR) is 171 cm³/mol. The second-order valence-electron chi connectivity index (χ2n) is 10.8. The molecule has 5 aromatic rings. The van der Waals surface area contributed by atoms with Crippen molar-refractivity contribution in [1.29, 1.82) is 0 Å². The zero-order valence-corrected chi connectivity index (χ0v) is 26.4. The van der Waals surface area contributed by atoms with E-state index < -0.39 is 25.8 Å². The van der Waals surface area contributed by atoms with Crippen LogP contribution < -0.4 is 15.3 Å². The van der Waals surface area contributed by atoms with Gasteiger partial charge in [0.05, 0.1) is 29.8 Å². The number of nitrogens with zero attached hydrogens (tertiary/aromatic N) is 3. The fourth-order valence-electron chi connectivity index (χ4n) is 5.00. The highest BCUT2D eigenvalue weighted by Crippen LogP contribution is 2.46. The third-order valence-corrected chi connectivity index (χ3v) is 8.64. The van der Waals surface area contributed by atoms with E-state index in [9.17, 15) is 9.36 Å². The van der Waals surface area contributed by atoms with Gasteiger partial charge in [0.2, 0.25) is 0 Å². The molecule has 0 bridgehead atoms. The molecule has 0 saturated heterocycles. The zero-order chi connectivity index (χ0) is 31.4. The van der Waals surface area contributed by atoms with Crippen molar-refractivity contribution in [3.05, 3.63) is 72.6 Å². The van der Waals surface area contributed by atoms with Gasteiger partial charge < -0.3 is 24.3 Å². The Labute approximate surface area is 256 Å². The number of ether oxygens (including phenoxy) is 2. The number of benzene rings is 3. The summed E-state index contributed by atoms with van der Waals surface area (Å²) in [4.78, 5) is 22.0. The van der Waals surface area contributed by atoms with E-state index in [2.05, 4.69) is 10.1 Å². The second-order valence-corrected chi connectivity index (χ2v) is 12.5. The monoisotopic (exact) mass is 619 g/mol. The quantitative estimate of drug-likeness (QED) is 0.110. The van der Waals surface area contributed by atoms with Gasteiger partial charge in [-0.2, -0.15) is 5.09 Å². The Balaban J connectivity index is 1.49. The summed E-state index contributed by atoms with van der Waals surface area (Å²) >= 11 is 0. The highest BCUT2D eigenvalue weighted by molar-refractivity contribution is 7.52. The van der Waals surface area contributed by atoms with Crippen molar-refractivity contribution >= 4 is 52.2 Å². The largest absolute Gasteiger partial charge is 0.462 e. The Morgan fingerprint density at radius 2 is 1.73 bits per heavy atom. The SMILES string of the molecule is CCOCc1nc2c(N)nc3ccccc3c2n1[C@@H](C)CO[P@@](=O)(N[C@@H](C)C(=O)OC(C)C)Oc1ccc2ccccc2c1. The second kappa shape index (κ2) is 13.3. The molecule has 0 aliphatic heterocycles. The Hall–Kier alpha value is -4.02. The number of carbonyl (C=O) groups excluding carboxylic acids is 1. The third-order valence-electron chi connectivity index (χ3n) is 6.99. The van der Waals surface area contributed by atoms with Crippen LogP contribution in [0.2, 0.25) is 0 Å². The minimum absolute atomic E-state index is 0.0645. The number of pyridine rings is 1. The summed E-state index contributed by atoms with van der Waals surface area (Å²) in [6.45, 7) is 9.52. The van der Waals surface area contributed by atoms with Crippen molar-refractivity contribution in [2.45, 2.75) is 59.4 Å². The molecule has 0 unspecified atom stereocenters. The molecule has 11 nitrogen and oxygen atoms in total. The Kier molecular flexibility index (Phi) is 9.51. The number of rotatable bonds is 13. The first kappa shape index (κ1) is 31.4. The molecule has 3 aromatic carbocycles. The molecular weight excluding hydrogens is 581 g/mol. The van der Waals surface area contributed by atoms with Crippen molar-refractivity contribution in [3.63, 3.8) is 0 Å². The van der Waals surface area contributed by atoms with Gasteiger partial charge in [-0.3, -0.25) is 9.32 Å². The number of nitrogens with one attached hydrogen (secondary N) is 1. The van der Waals surface area contributed by atoms with Crippen LogP contribution in [-0.2, 0) is 30.0 Å². The first-order chi connectivity index (χ1) is 21.1. The molecule has 3 atom stereocenters. The number of hydrogen-bond donors (Lipinski definition) is 2. The van der Waals surface area contributed by atoms with Crippen molar-refractivity contribution in [3.8, 4) is 5.75 Å². The Bertz CT molecular complexity index is 1840. The van der Waals surface area contributed by atoms with Gasteiger partial charge in [0.15, 0.2) is 5.82 Å². The molecule has 2 heterocycles. The van der Waals surface area contributed by atoms with Crippen molar-refractivity contribution in [1.82, 2.24) is 19.6 Å². The van der Waals surface area contributed by atoms with Crippen LogP contribution in [0.3, 0.4) is 0 Å². The van der Waals surface area contributed by atoms with E-state index in [0.717, 1.165) is 27.2 Å². The Morgan fingerprint density at radius 1 is 1.00 bits per heavy atom. The van der Waals surface area contributed by atoms with Crippen LogP contribution in [0.5, 0.6) is 5.75 Å². The minimum Gasteiger partial charge on any atom is -0.462 e. The lowest BCUT2D eigenvalue weighted by molar-refractivity contribution is -0.149. The maximum Gasteiger partial charge on any atom is 0.459 e. The van der Waals surface area contributed by atoms with Crippen molar-refractivity contribution in [2.24, 2.45) is 0 Å². The van der Waals surface area contributed by atoms with E-state index in [4.69, 9.17) is 29.2 Å². The first-order valence-electron chi connectivity index (χ1n) is 14.6. The van der Waals surface area contributed by atoms with Gasteiger partial charge in [-0.15, -0.1) is 0 Å². The summed E-state index contributed by atoms with van der Waals surface area (Å²) in [7, 11) is -4.14. The molecule has 5 rings (SSSR count). The average Bonchev–Trinajstić information content (AvgIpc) is 3.39. The molecule has 0 radical (unpaired) electrons. The van der Waals surface area contributed by atoms with Gasteiger partial charge in [-0.05, 0) is 63.6 Å². The van der Waals surface area contributed by atoms with Crippen LogP contribution in [-0.4, -0.2) is 45.9 Å². The molecule has 232 valence electrons. The van der Waals surface area contributed by atoms with Crippen LogP contribution in [0.25, 0.3) is 32.7 Å². The van der Waals surface area contributed by atoms with E-state index in [1.54, 1.807) is 32.9 Å². The number of hydrogen-bond acceptors (Lipinski definition) is 9. The third kappa shape index (κ3) is 6.87. The van der Waals surface area contributed by atoms with Crippen LogP contribution >= 0.6 is 7.75 Å². The molecule has 0 fully saturated rings. The average molecular weight is 620 g/mol. The van der Waals surface area contributed by atoms with Gasteiger partial charge in [0.25, 0.3) is 0 Å². The molecule has 2 aromatic heterocycles. The highest BCUT2D eigenvalue weighted by Gasteiger charge is 2.34. The normalized spacial score (nSPS) is 14.6. The lowest BCUT2D eigenvalue weighted by Crippen LogP contribution is -2.36. The number of fused-ring (bicyclic) bond motifs is 4. The van der Waals surface area contributed by atoms with Gasteiger partial charge in [0.1, 0.15) is 29.7 Å². The van der Waals surface area contributed by atoms with Crippen molar-refractivity contribution in [2.75, 3.05) is 18.9 Å². The molecule has 0 saturated carbocycles. The van der Waals surface area contributed by atoms with E-state index in [1.165, 1.54) is 0 Å². The van der Waals surface area contributed by atoms with E-state index in [1.807, 2.05) is 73.0 Å². The summed E-state index contributed by atoms with van der Waals surface area (Å²) in [5.41, 5.74) is 8.38. The highest BCUT2D eigenvalue weighted by atomic mass is 31.2. The summed E-state index contributed by atoms with van der Waals surface area (Å²) in [5, 5.41) is 5.54. The summed E-state index contributed by atoms with van der Waals surface area (Å²) in [6, 6.07) is 19.4. The smallest absolute Gasteiger partial charge is 0.459 e. The fourth-order valence-corrected chi connectivity index (χ4v) is 6.56. The molecule has 0 aliphatic carbocycles. The van der Waals surface area contributed by atoms with Crippen LogP contribution in [0.4, 0.5) is 5.82 Å². The van der Waals surface area contributed by atoms with Crippen LogP contribution in [0.15, 0.2) is 66.7 Å². The Morgan fingerprint density at radius 3 is 2.48 bits per heavy atom. The van der Waals surface area contributed by atoms with E-state index in [-0.39, 0.29) is 19.3 Å². The van der Waals surface area contributed by atoms with E-state index >= 15 is 0 Å². The summed E-state index contributed by atoms with van der Waals surface area (Å²) in [6.07, 6.45) is -0.344. The maximum atomic E-state index is 14.3. The number of nitrogen functional groups attached to an aromatic ring is 1. The van der Waals surface area contributed by atoms with Gasteiger partial charge in [-0.25, -0.2) is 14.5 Å². The van der Waals surface area contributed by atoms with Gasteiger partial charge in [0, 0.05) is 12.0 Å². The van der Waals surface area contributed by atoms with E-state index in [0.29, 0.717) is 29.5 Å². The number of anilines is 1. The number of para-hydroxylation sites is 1. The maximum absolute atomic E-state index is 14.3. The number of esters is 1. The minimum atomic E-state index is -4.14. The molecule has 3 N–H and O–H groups in total. The van der Waals surface area contributed by atoms with Crippen molar-refractivity contribution < 1.29 is 27.9 Å². The number of nitrogens with two attached hydrogens (primary N) is 1. The van der Waals surface area contributed by atoms with Gasteiger partial charge in [-0.1, -0.05) is 48.5 Å². The lowest BCUT2D eigenvalue weighted by atomic mass is 10.1. The molecular formula is C32H38N5O6P. The predicted octanol–water partition coefficient (Wildman–Crippen LogP) is 6.55. The topological polar surface area (TPSA) is 140 Å². The lowest BCUT2D eigenvalue weighted by Gasteiger charge is -2.25. The first-order valence-corrected chi connectivity index (χ1v) is 16.2. The molecule has 0 amide bonds. The summed E-state index contributed by atoms with van der Waals surface area (Å²) in [5.74, 6) is 0.669. The molecule has 0 spiro atoms. The number of carbonyl (C=O) groups is 1. The molecule has 12 heteroatoms. The molecule has 44 heavy (non-hydrogen) atoms. The van der Waals surface area contributed by atoms with Crippen LogP contribution in [0, 0.1) is 0 Å². The van der Waals surface area contributed by atoms with Crippen LogP contribution in [0.1, 0.15) is 46.5 Å². The zero-order valence-electron chi connectivity index (χ0n) is 25.5. The molecule has 0 aliphatic rings.